The molecule has 0 bridgehead atoms. The Bertz CT molecular complexity index is 689. The van der Waals surface area contributed by atoms with Gasteiger partial charge in [0.15, 0.2) is 0 Å². The number of pyridine rings is 2. The Labute approximate surface area is 122 Å². The van der Waals surface area contributed by atoms with Crippen molar-refractivity contribution < 1.29 is 18.0 Å². The molecule has 8 heteroatoms. The molecule has 2 heterocycles. The molecule has 2 rings (SSSR count). The maximum Gasteiger partial charge on any atom is 0.417 e. The van der Waals surface area contributed by atoms with E-state index in [2.05, 4.69) is 9.97 Å². The van der Waals surface area contributed by atoms with Gasteiger partial charge in [0.2, 0.25) is 0 Å². The quantitative estimate of drug-likeness (QED) is 0.947. The molecule has 21 heavy (non-hydrogen) atoms. The molecule has 1 amide bonds. The van der Waals surface area contributed by atoms with Gasteiger partial charge in [0.25, 0.3) is 5.91 Å². The molecule has 0 fully saturated rings. The Morgan fingerprint density at radius 1 is 1.29 bits per heavy atom. The highest BCUT2D eigenvalue weighted by atomic mass is 35.5. The largest absolute Gasteiger partial charge is 0.417 e. The second-order valence-electron chi connectivity index (χ2n) is 4.19. The Hall–Kier alpha value is -2.15. The predicted molar refractivity (Wildman–Crippen MR) is 69.8 cm³/mol. The summed E-state index contributed by atoms with van der Waals surface area (Å²) in [6, 6.07) is 3.80. The number of amides is 1. The SMILES string of the molecule is NC(=O)c1cccnc1Cc1ncc(C(F)(F)F)cc1Cl. The summed E-state index contributed by atoms with van der Waals surface area (Å²) in [5.74, 6) is -0.680. The Balaban J connectivity index is 2.35. The lowest BCUT2D eigenvalue weighted by molar-refractivity contribution is -0.137. The number of alkyl halides is 3. The van der Waals surface area contributed by atoms with Crippen LogP contribution in [0.4, 0.5) is 13.2 Å². The molecule has 0 unspecified atom stereocenters. The van der Waals surface area contributed by atoms with Crippen molar-refractivity contribution in [3.8, 4) is 0 Å². The molecule has 110 valence electrons. The van der Waals surface area contributed by atoms with Crippen LogP contribution in [0.1, 0.15) is 27.3 Å². The van der Waals surface area contributed by atoms with Crippen LogP contribution in [0.15, 0.2) is 30.6 Å². The number of rotatable bonds is 3. The van der Waals surface area contributed by atoms with Crippen molar-refractivity contribution in [2.75, 3.05) is 0 Å². The molecule has 0 atom stereocenters. The molecule has 0 radical (unpaired) electrons. The fourth-order valence-corrected chi connectivity index (χ4v) is 1.95. The minimum atomic E-state index is -4.52. The molecule has 0 aliphatic rings. The molecule has 2 N–H and O–H groups in total. The first-order chi connectivity index (χ1) is 9.79. The highest BCUT2D eigenvalue weighted by Gasteiger charge is 2.31. The van der Waals surface area contributed by atoms with Gasteiger partial charge in [0, 0.05) is 18.8 Å². The standard InChI is InChI=1S/C13H9ClF3N3O/c14-9-4-7(13(15,16)17)6-20-11(9)5-10-8(12(18)21)2-1-3-19-10/h1-4,6H,5H2,(H2,18,21). The summed E-state index contributed by atoms with van der Waals surface area (Å²) in [4.78, 5) is 18.9. The average Bonchev–Trinajstić information content (AvgIpc) is 2.40. The third kappa shape index (κ3) is 3.49. The summed E-state index contributed by atoms with van der Waals surface area (Å²) in [5, 5.41) is -0.147. The van der Waals surface area contributed by atoms with Gasteiger partial charge in [-0.25, -0.2) is 0 Å². The van der Waals surface area contributed by atoms with Crippen LogP contribution in [-0.4, -0.2) is 15.9 Å². The van der Waals surface area contributed by atoms with Crippen LogP contribution in [0.2, 0.25) is 5.02 Å². The highest BCUT2D eigenvalue weighted by Crippen LogP contribution is 2.31. The van der Waals surface area contributed by atoms with Crippen LogP contribution in [0.25, 0.3) is 0 Å². The number of primary amides is 1. The summed E-state index contributed by atoms with van der Waals surface area (Å²) >= 11 is 5.81. The molecule has 0 spiro atoms. The van der Waals surface area contributed by atoms with Crippen LogP contribution in [0.3, 0.4) is 0 Å². The molecule has 0 aromatic carbocycles. The van der Waals surface area contributed by atoms with E-state index in [-0.39, 0.29) is 22.7 Å². The molecule has 4 nitrogen and oxygen atoms in total. The Kier molecular flexibility index (Phi) is 4.13. The first-order valence-electron chi connectivity index (χ1n) is 5.74. The van der Waals surface area contributed by atoms with Gasteiger partial charge in [0.1, 0.15) is 0 Å². The summed E-state index contributed by atoms with van der Waals surface area (Å²) in [7, 11) is 0. The van der Waals surface area contributed by atoms with Crippen LogP contribution in [-0.2, 0) is 12.6 Å². The monoisotopic (exact) mass is 315 g/mol. The van der Waals surface area contributed by atoms with E-state index in [4.69, 9.17) is 17.3 Å². The lowest BCUT2D eigenvalue weighted by Gasteiger charge is -2.10. The van der Waals surface area contributed by atoms with Crippen LogP contribution in [0, 0.1) is 0 Å². The second kappa shape index (κ2) is 5.69. The third-order valence-corrected chi connectivity index (χ3v) is 3.06. The fourth-order valence-electron chi connectivity index (χ4n) is 1.71. The number of carbonyl (C=O) groups is 1. The smallest absolute Gasteiger partial charge is 0.366 e. The van der Waals surface area contributed by atoms with Crippen molar-refractivity contribution in [3.05, 3.63) is 58.1 Å². The topological polar surface area (TPSA) is 68.9 Å². The predicted octanol–water partition coefficient (Wildman–Crippen LogP) is 2.84. The van der Waals surface area contributed by atoms with Gasteiger partial charge in [-0.1, -0.05) is 11.6 Å². The zero-order valence-corrected chi connectivity index (χ0v) is 11.2. The number of halogens is 4. The molecule has 0 aliphatic heterocycles. The maximum absolute atomic E-state index is 12.5. The molecular formula is C13H9ClF3N3O. The molecular weight excluding hydrogens is 307 g/mol. The third-order valence-electron chi connectivity index (χ3n) is 2.74. The summed E-state index contributed by atoms with van der Waals surface area (Å²) < 4.78 is 37.6. The van der Waals surface area contributed by atoms with Crippen molar-refractivity contribution in [1.82, 2.24) is 9.97 Å². The highest BCUT2D eigenvalue weighted by molar-refractivity contribution is 6.31. The summed E-state index contributed by atoms with van der Waals surface area (Å²) in [6.45, 7) is 0. The van der Waals surface area contributed by atoms with E-state index in [9.17, 15) is 18.0 Å². The number of hydrogen-bond acceptors (Lipinski definition) is 3. The van der Waals surface area contributed by atoms with Crippen molar-refractivity contribution in [2.24, 2.45) is 5.73 Å². The van der Waals surface area contributed by atoms with Gasteiger partial charge in [0.05, 0.1) is 27.5 Å². The number of hydrogen-bond donors (Lipinski definition) is 1. The molecule has 0 saturated heterocycles. The van der Waals surface area contributed by atoms with Gasteiger partial charge >= 0.3 is 6.18 Å². The summed E-state index contributed by atoms with van der Waals surface area (Å²) in [6.07, 6.45) is -2.37. The lowest BCUT2D eigenvalue weighted by Crippen LogP contribution is -2.15. The molecule has 0 aliphatic carbocycles. The van der Waals surface area contributed by atoms with Gasteiger partial charge in [-0.2, -0.15) is 13.2 Å². The first kappa shape index (κ1) is 15.2. The van der Waals surface area contributed by atoms with Crippen LogP contribution < -0.4 is 5.73 Å². The maximum atomic E-state index is 12.5. The van der Waals surface area contributed by atoms with Gasteiger partial charge in [-0.3, -0.25) is 14.8 Å². The minimum Gasteiger partial charge on any atom is -0.366 e. The summed E-state index contributed by atoms with van der Waals surface area (Å²) in [5.41, 5.74) is 4.94. The van der Waals surface area contributed by atoms with Crippen molar-refractivity contribution in [3.63, 3.8) is 0 Å². The van der Waals surface area contributed by atoms with E-state index in [1.807, 2.05) is 0 Å². The lowest BCUT2D eigenvalue weighted by atomic mass is 10.1. The second-order valence-corrected chi connectivity index (χ2v) is 4.60. The first-order valence-corrected chi connectivity index (χ1v) is 6.12. The Morgan fingerprint density at radius 2 is 2.00 bits per heavy atom. The zero-order chi connectivity index (χ0) is 15.6. The number of aromatic nitrogens is 2. The fraction of sp³-hybridized carbons (Fsp3) is 0.154. The number of nitrogens with zero attached hydrogens (tertiary/aromatic N) is 2. The van der Waals surface area contributed by atoms with Crippen LogP contribution >= 0.6 is 11.6 Å². The van der Waals surface area contributed by atoms with Crippen LogP contribution in [0.5, 0.6) is 0 Å². The van der Waals surface area contributed by atoms with E-state index in [0.29, 0.717) is 11.9 Å². The Morgan fingerprint density at radius 3 is 2.57 bits per heavy atom. The molecule has 0 saturated carbocycles. The normalized spacial score (nSPS) is 11.4. The minimum absolute atomic E-state index is 0.0100. The molecule has 2 aromatic rings. The van der Waals surface area contributed by atoms with E-state index in [1.54, 1.807) is 0 Å². The zero-order valence-electron chi connectivity index (χ0n) is 10.5. The average molecular weight is 316 g/mol. The van der Waals surface area contributed by atoms with Gasteiger partial charge in [-0.05, 0) is 18.2 Å². The van der Waals surface area contributed by atoms with E-state index >= 15 is 0 Å². The van der Waals surface area contributed by atoms with E-state index in [0.717, 1.165) is 6.07 Å². The van der Waals surface area contributed by atoms with Crippen molar-refractivity contribution >= 4 is 17.5 Å². The van der Waals surface area contributed by atoms with Crippen molar-refractivity contribution in [1.29, 1.82) is 0 Å². The van der Waals surface area contributed by atoms with Gasteiger partial charge < -0.3 is 5.73 Å². The molecule has 2 aromatic heterocycles. The van der Waals surface area contributed by atoms with Crippen molar-refractivity contribution in [2.45, 2.75) is 12.6 Å². The van der Waals surface area contributed by atoms with E-state index in [1.165, 1.54) is 18.3 Å². The van der Waals surface area contributed by atoms with Gasteiger partial charge in [-0.15, -0.1) is 0 Å². The number of carbonyl (C=O) groups excluding carboxylic acids is 1. The number of nitrogens with two attached hydrogens (primary N) is 1. The van der Waals surface area contributed by atoms with E-state index < -0.39 is 17.6 Å².